The van der Waals surface area contributed by atoms with Crippen molar-refractivity contribution >= 4 is 17.6 Å². The maximum Gasteiger partial charge on any atom is 0.319 e. The van der Waals surface area contributed by atoms with Crippen LogP contribution in [0, 0.1) is 5.82 Å². The van der Waals surface area contributed by atoms with E-state index in [-0.39, 0.29) is 35.4 Å². The molecule has 2 atom stereocenters. The number of halogens is 1. The molecule has 1 fully saturated rings. The largest absolute Gasteiger partial charge is 0.343 e. The number of rotatable bonds is 4. The normalized spacial score (nSPS) is 18.4. The summed E-state index contributed by atoms with van der Waals surface area (Å²) in [5, 5.41) is 5.59. The summed E-state index contributed by atoms with van der Waals surface area (Å²) in [6.45, 7) is 0. The number of hydrogen-bond donors (Lipinski definition) is 2. The van der Waals surface area contributed by atoms with Gasteiger partial charge in [0.15, 0.2) is 0 Å². The van der Waals surface area contributed by atoms with Crippen molar-refractivity contribution in [2.24, 2.45) is 0 Å². The first-order valence-corrected chi connectivity index (χ1v) is 7.94. The summed E-state index contributed by atoms with van der Waals surface area (Å²) >= 11 is 0. The summed E-state index contributed by atoms with van der Waals surface area (Å²) in [6, 6.07) is 9.15. The van der Waals surface area contributed by atoms with Gasteiger partial charge in [0.1, 0.15) is 11.5 Å². The smallest absolute Gasteiger partial charge is 0.319 e. The molecule has 25 heavy (non-hydrogen) atoms. The van der Waals surface area contributed by atoms with Gasteiger partial charge in [-0.25, -0.2) is 9.18 Å². The second-order valence-electron chi connectivity index (χ2n) is 6.23. The highest BCUT2D eigenvalue weighted by molar-refractivity contribution is 5.95. The highest BCUT2D eigenvalue weighted by Gasteiger charge is 2.39. The Balaban J connectivity index is 1.56. The lowest BCUT2D eigenvalue weighted by Crippen LogP contribution is -2.31. The number of pyridine rings is 1. The van der Waals surface area contributed by atoms with Gasteiger partial charge in [-0.3, -0.25) is 9.78 Å². The quantitative estimate of drug-likeness (QED) is 0.897. The number of amides is 3. The molecule has 2 N–H and O–H groups in total. The molecule has 1 aromatic carbocycles. The van der Waals surface area contributed by atoms with Crippen LogP contribution < -0.4 is 10.6 Å². The Labute approximate surface area is 145 Å². The molecule has 0 bridgehead atoms. The van der Waals surface area contributed by atoms with Crippen LogP contribution in [0.2, 0.25) is 0 Å². The van der Waals surface area contributed by atoms with Crippen molar-refractivity contribution in [2.75, 3.05) is 19.4 Å². The van der Waals surface area contributed by atoms with Gasteiger partial charge in [0.2, 0.25) is 0 Å². The molecule has 1 aromatic heterocycles. The molecule has 0 unspecified atom stereocenters. The topological polar surface area (TPSA) is 74.3 Å². The first kappa shape index (κ1) is 16.9. The molecular weight excluding hydrogens is 323 g/mol. The fraction of sp³-hybridized carbons (Fsp3) is 0.278. The van der Waals surface area contributed by atoms with E-state index in [1.165, 1.54) is 29.3 Å². The first-order chi connectivity index (χ1) is 11.9. The highest BCUT2D eigenvalue weighted by atomic mass is 19.1. The lowest BCUT2D eigenvalue weighted by atomic mass is 10.1. The van der Waals surface area contributed by atoms with Crippen molar-refractivity contribution in [1.82, 2.24) is 15.2 Å². The number of nitrogens with one attached hydrogen (secondary N) is 2. The minimum Gasteiger partial charge on any atom is -0.343 e. The number of urea groups is 1. The zero-order valence-electron chi connectivity index (χ0n) is 14.0. The van der Waals surface area contributed by atoms with Gasteiger partial charge in [-0.05, 0) is 36.2 Å². The molecule has 1 heterocycles. The van der Waals surface area contributed by atoms with Crippen LogP contribution in [0.5, 0.6) is 0 Å². The maximum absolute atomic E-state index is 12.9. The lowest BCUT2D eigenvalue weighted by Gasteiger charge is -2.11. The predicted molar refractivity (Wildman–Crippen MR) is 92.0 cm³/mol. The Hall–Kier alpha value is -2.96. The van der Waals surface area contributed by atoms with Crippen LogP contribution in [0.15, 0.2) is 42.6 Å². The van der Waals surface area contributed by atoms with Gasteiger partial charge in [-0.2, -0.15) is 0 Å². The van der Waals surface area contributed by atoms with Crippen LogP contribution in [-0.4, -0.2) is 42.0 Å². The van der Waals surface area contributed by atoms with Gasteiger partial charge >= 0.3 is 6.03 Å². The molecule has 0 radical (unpaired) electrons. The van der Waals surface area contributed by atoms with E-state index in [2.05, 4.69) is 15.6 Å². The number of anilines is 1. The Morgan fingerprint density at radius 3 is 2.60 bits per heavy atom. The number of nitrogens with zero attached hydrogens (tertiary/aromatic N) is 2. The van der Waals surface area contributed by atoms with E-state index in [1.807, 2.05) is 0 Å². The van der Waals surface area contributed by atoms with Gasteiger partial charge in [0.25, 0.3) is 5.91 Å². The molecule has 1 aliphatic rings. The van der Waals surface area contributed by atoms with Crippen LogP contribution in [0.3, 0.4) is 0 Å². The molecule has 3 amide bonds. The second kappa shape index (κ2) is 6.88. The highest BCUT2D eigenvalue weighted by Crippen LogP contribution is 2.40. The average molecular weight is 342 g/mol. The van der Waals surface area contributed by atoms with Crippen molar-refractivity contribution in [2.45, 2.75) is 18.4 Å². The molecule has 3 rings (SSSR count). The minimum atomic E-state index is -0.343. The van der Waals surface area contributed by atoms with E-state index in [0.29, 0.717) is 5.69 Å². The van der Waals surface area contributed by atoms with E-state index < -0.39 is 0 Å². The molecule has 1 aliphatic carbocycles. The zero-order valence-corrected chi connectivity index (χ0v) is 14.0. The summed E-state index contributed by atoms with van der Waals surface area (Å²) < 4.78 is 12.9. The fourth-order valence-electron chi connectivity index (χ4n) is 2.62. The Kier molecular flexibility index (Phi) is 4.65. The fourth-order valence-corrected chi connectivity index (χ4v) is 2.62. The van der Waals surface area contributed by atoms with Crippen LogP contribution >= 0.6 is 0 Å². The van der Waals surface area contributed by atoms with Gasteiger partial charge < -0.3 is 15.5 Å². The number of hydrogen-bond acceptors (Lipinski definition) is 3. The van der Waals surface area contributed by atoms with E-state index >= 15 is 0 Å². The summed E-state index contributed by atoms with van der Waals surface area (Å²) in [5.41, 5.74) is 1.77. The van der Waals surface area contributed by atoms with Crippen molar-refractivity contribution in [3.63, 3.8) is 0 Å². The molecule has 6 nitrogen and oxygen atoms in total. The molecular formula is C18H19FN4O2. The SMILES string of the molecule is CN(C)C(=O)c1cc(NC(=O)N[C@@H]2C[C@H]2c2ccc(F)cc2)ccn1. The molecule has 1 saturated carbocycles. The lowest BCUT2D eigenvalue weighted by molar-refractivity contribution is 0.0822. The van der Waals surface area contributed by atoms with Crippen molar-refractivity contribution < 1.29 is 14.0 Å². The molecule has 0 aliphatic heterocycles. The summed E-state index contributed by atoms with van der Waals surface area (Å²) in [7, 11) is 3.28. The third kappa shape index (κ3) is 4.12. The zero-order chi connectivity index (χ0) is 18.0. The molecule has 0 spiro atoms. The molecule has 2 aromatic rings. The van der Waals surface area contributed by atoms with Crippen LogP contribution in [0.1, 0.15) is 28.4 Å². The molecule has 0 saturated heterocycles. The average Bonchev–Trinajstić information content (AvgIpc) is 3.33. The van der Waals surface area contributed by atoms with Crippen molar-refractivity contribution in [3.05, 3.63) is 59.7 Å². The minimum absolute atomic E-state index is 0.0233. The molecule has 130 valence electrons. The van der Waals surface area contributed by atoms with E-state index in [1.54, 1.807) is 32.3 Å². The Morgan fingerprint density at radius 1 is 1.20 bits per heavy atom. The summed E-state index contributed by atoms with van der Waals surface area (Å²) in [6.07, 6.45) is 2.30. The van der Waals surface area contributed by atoms with Crippen LogP contribution in [0.4, 0.5) is 14.9 Å². The third-order valence-corrected chi connectivity index (χ3v) is 4.05. The van der Waals surface area contributed by atoms with Gasteiger partial charge in [0.05, 0.1) is 0 Å². The Bertz CT molecular complexity index is 792. The third-order valence-electron chi connectivity index (χ3n) is 4.05. The number of benzene rings is 1. The number of carbonyl (C=O) groups excluding carboxylic acids is 2. The monoisotopic (exact) mass is 342 g/mol. The number of carbonyl (C=O) groups is 2. The predicted octanol–water partition coefficient (Wildman–Crippen LogP) is 2.60. The second-order valence-corrected chi connectivity index (χ2v) is 6.23. The van der Waals surface area contributed by atoms with Gasteiger partial charge in [-0.15, -0.1) is 0 Å². The van der Waals surface area contributed by atoms with Crippen molar-refractivity contribution in [3.8, 4) is 0 Å². The Morgan fingerprint density at radius 2 is 1.92 bits per heavy atom. The van der Waals surface area contributed by atoms with E-state index in [9.17, 15) is 14.0 Å². The first-order valence-electron chi connectivity index (χ1n) is 7.94. The number of aromatic nitrogens is 1. The maximum atomic E-state index is 12.9. The van der Waals surface area contributed by atoms with E-state index in [4.69, 9.17) is 0 Å². The summed E-state index contributed by atoms with van der Waals surface area (Å²) in [5.74, 6) is -0.301. The van der Waals surface area contributed by atoms with Crippen LogP contribution in [0.25, 0.3) is 0 Å². The van der Waals surface area contributed by atoms with Crippen LogP contribution in [-0.2, 0) is 0 Å². The summed E-state index contributed by atoms with van der Waals surface area (Å²) in [4.78, 5) is 29.4. The van der Waals surface area contributed by atoms with Crippen molar-refractivity contribution in [1.29, 1.82) is 0 Å². The van der Waals surface area contributed by atoms with Gasteiger partial charge in [0, 0.05) is 37.9 Å². The molecule has 7 heteroatoms. The standard InChI is InChI=1S/C18H19FN4O2/c1-23(2)17(24)16-9-13(7-8-20-16)21-18(25)22-15-10-14(15)11-3-5-12(19)6-4-11/h3-9,14-15H,10H2,1-2H3,(H2,20,21,22,25)/t14-,15+/m0/s1. The van der Waals surface area contributed by atoms with Gasteiger partial charge in [-0.1, -0.05) is 12.1 Å². The van der Waals surface area contributed by atoms with E-state index in [0.717, 1.165) is 12.0 Å².